The van der Waals surface area contributed by atoms with E-state index in [1.807, 2.05) is 6.07 Å². The van der Waals surface area contributed by atoms with Crippen molar-refractivity contribution in [3.8, 4) is 6.07 Å². The third-order valence-electron chi connectivity index (χ3n) is 2.26. The number of carbonyl (C=O) groups is 1. The first-order chi connectivity index (χ1) is 7.13. The molecule has 0 bridgehead atoms. The molecule has 0 saturated heterocycles. The van der Waals surface area contributed by atoms with Gasteiger partial charge < -0.3 is 5.11 Å². The van der Waals surface area contributed by atoms with Crippen LogP contribution in [0.5, 0.6) is 0 Å². The zero-order valence-electron chi connectivity index (χ0n) is 7.94. The molecule has 1 heterocycles. The third kappa shape index (κ3) is 1.47. The fraction of sp³-hybridized carbons (Fsp3) is 0.0909. The molecule has 0 amide bonds. The fourth-order valence-corrected chi connectivity index (χ4v) is 2.52. The minimum absolute atomic E-state index is 0.347. The molecule has 0 aliphatic rings. The molecule has 74 valence electrons. The van der Waals surface area contributed by atoms with E-state index in [2.05, 4.69) is 0 Å². The number of thiophene rings is 1. The van der Waals surface area contributed by atoms with Crippen LogP contribution in [0.25, 0.3) is 10.1 Å². The molecule has 0 radical (unpaired) electrons. The van der Waals surface area contributed by atoms with E-state index in [0.29, 0.717) is 10.4 Å². The molecule has 0 spiro atoms. The second-order valence-electron chi connectivity index (χ2n) is 3.18. The minimum Gasteiger partial charge on any atom is -0.477 e. The average Bonchev–Trinajstić information content (AvgIpc) is 2.56. The monoisotopic (exact) mass is 217 g/mol. The van der Waals surface area contributed by atoms with Crippen molar-refractivity contribution in [1.29, 1.82) is 5.26 Å². The van der Waals surface area contributed by atoms with Gasteiger partial charge in [-0.1, -0.05) is 0 Å². The number of carboxylic acid groups (broad SMARTS) is 1. The highest BCUT2D eigenvalue weighted by atomic mass is 32.1. The van der Waals surface area contributed by atoms with Gasteiger partial charge in [0.1, 0.15) is 4.88 Å². The number of benzene rings is 1. The zero-order valence-corrected chi connectivity index (χ0v) is 8.76. The third-order valence-corrected chi connectivity index (χ3v) is 3.52. The molecule has 0 unspecified atom stereocenters. The van der Waals surface area contributed by atoms with Crippen LogP contribution in [0, 0.1) is 18.3 Å². The first kappa shape index (κ1) is 9.69. The quantitative estimate of drug-likeness (QED) is 0.798. The van der Waals surface area contributed by atoms with E-state index in [1.165, 1.54) is 11.3 Å². The van der Waals surface area contributed by atoms with Gasteiger partial charge in [-0.25, -0.2) is 4.79 Å². The van der Waals surface area contributed by atoms with Crippen LogP contribution in [0.4, 0.5) is 0 Å². The van der Waals surface area contributed by atoms with Gasteiger partial charge in [-0.05, 0) is 36.1 Å². The maximum atomic E-state index is 10.9. The molecule has 1 aromatic heterocycles. The van der Waals surface area contributed by atoms with Gasteiger partial charge >= 0.3 is 5.97 Å². The van der Waals surface area contributed by atoms with E-state index in [-0.39, 0.29) is 0 Å². The molecule has 15 heavy (non-hydrogen) atoms. The number of hydrogen-bond acceptors (Lipinski definition) is 3. The van der Waals surface area contributed by atoms with Crippen molar-refractivity contribution in [2.45, 2.75) is 6.92 Å². The van der Waals surface area contributed by atoms with E-state index < -0.39 is 5.97 Å². The molecule has 3 nitrogen and oxygen atoms in total. The Labute approximate surface area is 90.2 Å². The number of rotatable bonds is 1. The summed E-state index contributed by atoms with van der Waals surface area (Å²) in [5, 5.41) is 18.5. The lowest BCUT2D eigenvalue weighted by Gasteiger charge is -1.92. The summed E-state index contributed by atoms with van der Waals surface area (Å²) in [6.07, 6.45) is 0. The highest BCUT2D eigenvalue weighted by molar-refractivity contribution is 7.21. The number of aromatic carboxylic acids is 1. The lowest BCUT2D eigenvalue weighted by Crippen LogP contribution is -1.93. The Balaban J connectivity index is 2.79. The first-order valence-electron chi connectivity index (χ1n) is 4.30. The summed E-state index contributed by atoms with van der Waals surface area (Å²) in [6, 6.07) is 7.26. The average molecular weight is 217 g/mol. The predicted octanol–water partition coefficient (Wildman–Crippen LogP) is 2.78. The zero-order chi connectivity index (χ0) is 11.0. The molecular weight excluding hydrogens is 210 g/mol. The van der Waals surface area contributed by atoms with Gasteiger partial charge in [0.05, 0.1) is 11.6 Å². The molecule has 4 heteroatoms. The van der Waals surface area contributed by atoms with Crippen molar-refractivity contribution in [1.82, 2.24) is 0 Å². The van der Waals surface area contributed by atoms with Crippen LogP contribution in [0.15, 0.2) is 18.2 Å². The van der Waals surface area contributed by atoms with Gasteiger partial charge in [0.15, 0.2) is 0 Å². The van der Waals surface area contributed by atoms with Crippen LogP contribution >= 0.6 is 11.3 Å². The van der Waals surface area contributed by atoms with Crippen LogP contribution in [-0.2, 0) is 0 Å². The predicted molar refractivity (Wildman–Crippen MR) is 58.2 cm³/mol. The molecule has 1 N–H and O–H groups in total. The van der Waals surface area contributed by atoms with E-state index in [9.17, 15) is 4.79 Å². The van der Waals surface area contributed by atoms with Crippen LogP contribution in [0.2, 0.25) is 0 Å². The lowest BCUT2D eigenvalue weighted by molar-refractivity contribution is 0.0701. The molecule has 0 saturated carbocycles. The summed E-state index contributed by atoms with van der Waals surface area (Å²) < 4.78 is 0.906. The van der Waals surface area contributed by atoms with Gasteiger partial charge in [0, 0.05) is 4.70 Å². The van der Waals surface area contributed by atoms with Crippen LogP contribution in [0.1, 0.15) is 20.8 Å². The second kappa shape index (κ2) is 3.37. The number of nitriles is 1. The number of fused-ring (bicyclic) bond motifs is 1. The first-order valence-corrected chi connectivity index (χ1v) is 5.11. The van der Waals surface area contributed by atoms with Gasteiger partial charge in [-0.3, -0.25) is 0 Å². The highest BCUT2D eigenvalue weighted by Crippen LogP contribution is 2.31. The number of carboxylic acids is 1. The summed E-state index contributed by atoms with van der Waals surface area (Å²) in [4.78, 5) is 11.2. The molecule has 2 aromatic rings. The number of nitrogens with zero attached hydrogens (tertiary/aromatic N) is 1. The Bertz CT molecular complexity index is 592. The topological polar surface area (TPSA) is 61.1 Å². The van der Waals surface area contributed by atoms with Crippen molar-refractivity contribution in [3.63, 3.8) is 0 Å². The van der Waals surface area contributed by atoms with Gasteiger partial charge in [-0.2, -0.15) is 5.26 Å². The Morgan fingerprint density at radius 3 is 2.87 bits per heavy atom. The van der Waals surface area contributed by atoms with Crippen molar-refractivity contribution in [2.24, 2.45) is 0 Å². The Hall–Kier alpha value is -1.86. The Kier molecular flexibility index (Phi) is 2.18. The van der Waals surface area contributed by atoms with Gasteiger partial charge in [0.2, 0.25) is 0 Å². The van der Waals surface area contributed by atoms with Crippen LogP contribution < -0.4 is 0 Å². The standard InChI is InChI=1S/C11H7NO2S/c1-6-8-4-7(5-12)2-3-9(8)15-10(6)11(13)14/h2-4H,1H3,(H,13,14). The van der Waals surface area contributed by atoms with Crippen molar-refractivity contribution in [2.75, 3.05) is 0 Å². The summed E-state index contributed by atoms with van der Waals surface area (Å²) in [5.41, 5.74) is 1.29. The summed E-state index contributed by atoms with van der Waals surface area (Å²) >= 11 is 1.24. The van der Waals surface area contributed by atoms with Crippen molar-refractivity contribution < 1.29 is 9.90 Å². The summed E-state index contributed by atoms with van der Waals surface area (Å²) in [7, 11) is 0. The Morgan fingerprint density at radius 2 is 2.27 bits per heavy atom. The fourth-order valence-electron chi connectivity index (χ4n) is 1.49. The van der Waals surface area contributed by atoms with E-state index >= 15 is 0 Å². The summed E-state index contributed by atoms with van der Waals surface area (Å²) in [6.45, 7) is 1.77. The maximum absolute atomic E-state index is 10.9. The number of aryl methyl sites for hydroxylation is 1. The van der Waals surface area contributed by atoms with E-state index in [0.717, 1.165) is 15.6 Å². The molecule has 0 atom stereocenters. The Morgan fingerprint density at radius 1 is 1.53 bits per heavy atom. The minimum atomic E-state index is -0.910. The summed E-state index contributed by atoms with van der Waals surface area (Å²) in [5.74, 6) is -0.910. The van der Waals surface area contributed by atoms with Crippen LogP contribution in [-0.4, -0.2) is 11.1 Å². The van der Waals surface area contributed by atoms with E-state index in [4.69, 9.17) is 10.4 Å². The molecule has 0 aliphatic carbocycles. The second-order valence-corrected chi connectivity index (χ2v) is 4.24. The lowest BCUT2D eigenvalue weighted by atomic mass is 10.1. The van der Waals surface area contributed by atoms with Gasteiger partial charge in [-0.15, -0.1) is 11.3 Å². The SMILES string of the molecule is Cc1c(C(=O)O)sc2ccc(C#N)cc12. The normalized spacial score (nSPS) is 10.1. The van der Waals surface area contributed by atoms with Crippen molar-refractivity contribution >= 4 is 27.4 Å². The number of hydrogen-bond donors (Lipinski definition) is 1. The molecule has 0 aliphatic heterocycles. The molecule has 2 rings (SSSR count). The highest BCUT2D eigenvalue weighted by Gasteiger charge is 2.14. The molecule has 1 aromatic carbocycles. The molecule has 0 fully saturated rings. The van der Waals surface area contributed by atoms with Crippen molar-refractivity contribution in [3.05, 3.63) is 34.2 Å². The molecular formula is C11H7NO2S. The smallest absolute Gasteiger partial charge is 0.346 e. The maximum Gasteiger partial charge on any atom is 0.346 e. The largest absolute Gasteiger partial charge is 0.477 e. The van der Waals surface area contributed by atoms with Crippen LogP contribution in [0.3, 0.4) is 0 Å². The van der Waals surface area contributed by atoms with Gasteiger partial charge in [0.25, 0.3) is 0 Å². The van der Waals surface area contributed by atoms with E-state index in [1.54, 1.807) is 25.1 Å².